The predicted octanol–water partition coefficient (Wildman–Crippen LogP) is 4.02. The van der Waals surface area contributed by atoms with Crippen molar-refractivity contribution in [2.24, 2.45) is 28.6 Å². The molecule has 2 heteroatoms. The molecule has 1 N–H and O–H groups in total. The van der Waals surface area contributed by atoms with E-state index in [1.165, 1.54) is 51.4 Å². The summed E-state index contributed by atoms with van der Waals surface area (Å²) >= 11 is 0. The summed E-state index contributed by atoms with van der Waals surface area (Å²) < 4.78 is 0. The zero-order chi connectivity index (χ0) is 14.9. The Morgan fingerprint density at radius 3 is 2.91 bits per heavy atom. The molecule has 4 saturated carbocycles. The quantitative estimate of drug-likeness (QED) is 0.686. The number of hydrogen-bond acceptors (Lipinski definition) is 2. The van der Waals surface area contributed by atoms with Crippen LogP contribution in [0.15, 0.2) is 11.6 Å². The summed E-state index contributed by atoms with van der Waals surface area (Å²) in [5.74, 6) is 2.64. The van der Waals surface area contributed by atoms with E-state index in [1.54, 1.807) is 5.57 Å². The van der Waals surface area contributed by atoms with Gasteiger partial charge in [-0.3, -0.25) is 4.79 Å². The minimum Gasteiger partial charge on any atom is -0.393 e. The van der Waals surface area contributed by atoms with Gasteiger partial charge in [0.1, 0.15) is 5.78 Å². The van der Waals surface area contributed by atoms with E-state index >= 15 is 0 Å². The molecule has 2 nitrogen and oxygen atoms in total. The third-order valence-corrected chi connectivity index (χ3v) is 8.37. The van der Waals surface area contributed by atoms with Crippen molar-refractivity contribution >= 4 is 5.78 Å². The van der Waals surface area contributed by atoms with Gasteiger partial charge >= 0.3 is 0 Å². The first kappa shape index (κ1) is 13.8. The van der Waals surface area contributed by atoms with Crippen molar-refractivity contribution in [1.29, 1.82) is 0 Å². The van der Waals surface area contributed by atoms with Gasteiger partial charge in [0.05, 0.1) is 6.10 Å². The Labute approximate surface area is 133 Å². The molecule has 0 aromatic heterocycles. The van der Waals surface area contributed by atoms with Crippen molar-refractivity contribution in [3.05, 3.63) is 11.6 Å². The van der Waals surface area contributed by atoms with Crippen molar-refractivity contribution in [2.75, 3.05) is 0 Å². The second-order valence-corrected chi connectivity index (χ2v) is 9.07. The standard InChI is InChI=1S/C20H28O2/c21-15-6-9-19-7-1-8-20-12-18(22)17(20)5-4-16(20)13(11-19)2-3-14(19)10-15/h3,13,15-17,21H,1-2,4-12H2. The van der Waals surface area contributed by atoms with Gasteiger partial charge in [-0.05, 0) is 80.5 Å². The zero-order valence-corrected chi connectivity index (χ0v) is 13.5. The summed E-state index contributed by atoms with van der Waals surface area (Å²) in [6, 6.07) is 0. The lowest BCUT2D eigenvalue weighted by Gasteiger charge is -2.56. The molecular weight excluding hydrogens is 272 g/mol. The Bertz CT molecular complexity index is 550. The maximum absolute atomic E-state index is 12.1. The highest BCUT2D eigenvalue weighted by Crippen LogP contribution is 2.68. The summed E-state index contributed by atoms with van der Waals surface area (Å²) in [7, 11) is 0. The normalized spacial score (nSPS) is 53.3. The third-order valence-electron chi connectivity index (χ3n) is 8.37. The maximum atomic E-state index is 12.1. The fourth-order valence-electron chi connectivity index (χ4n) is 7.42. The smallest absolute Gasteiger partial charge is 0.137 e. The average Bonchev–Trinajstić information content (AvgIpc) is 2.78. The highest BCUT2D eigenvalue weighted by molar-refractivity contribution is 5.89. The van der Waals surface area contributed by atoms with Crippen LogP contribution in [0.3, 0.4) is 0 Å². The number of aliphatic hydroxyl groups is 1. The number of hydrogen-bond donors (Lipinski definition) is 1. The lowest BCUT2D eigenvalue weighted by molar-refractivity contribution is -0.147. The molecular formula is C20H28O2. The molecule has 2 spiro atoms. The van der Waals surface area contributed by atoms with Crippen LogP contribution in [-0.2, 0) is 4.79 Å². The SMILES string of the molecule is O=C1CC23CCCC45CCC(O)CC4=CCC(C5)C2CCC13. The van der Waals surface area contributed by atoms with E-state index < -0.39 is 0 Å². The summed E-state index contributed by atoms with van der Waals surface area (Å²) in [5.41, 5.74) is 2.44. The molecule has 5 aliphatic rings. The van der Waals surface area contributed by atoms with Gasteiger partial charge in [0.2, 0.25) is 0 Å². The molecule has 5 aliphatic carbocycles. The van der Waals surface area contributed by atoms with Crippen LogP contribution in [0.4, 0.5) is 0 Å². The number of Topliss-reactive ketones (excluding diaryl/α,β-unsaturated/α-hetero) is 1. The molecule has 0 aromatic carbocycles. The number of fused-ring (bicyclic) bond motifs is 2. The summed E-state index contributed by atoms with van der Waals surface area (Å²) in [5, 5.41) is 10.1. The largest absolute Gasteiger partial charge is 0.393 e. The molecule has 6 unspecified atom stereocenters. The molecule has 0 amide bonds. The van der Waals surface area contributed by atoms with Crippen molar-refractivity contribution in [3.63, 3.8) is 0 Å². The van der Waals surface area contributed by atoms with E-state index in [9.17, 15) is 9.90 Å². The molecule has 22 heavy (non-hydrogen) atoms. The second-order valence-electron chi connectivity index (χ2n) is 9.07. The second kappa shape index (κ2) is 4.47. The molecule has 2 bridgehead atoms. The number of aliphatic hydroxyl groups excluding tert-OH is 1. The average molecular weight is 300 g/mol. The van der Waals surface area contributed by atoms with Crippen molar-refractivity contribution in [2.45, 2.75) is 76.7 Å². The minimum atomic E-state index is -0.0923. The predicted molar refractivity (Wildman–Crippen MR) is 85.2 cm³/mol. The fourth-order valence-corrected chi connectivity index (χ4v) is 7.42. The molecule has 5 rings (SSSR count). The molecule has 0 heterocycles. The summed E-state index contributed by atoms with van der Waals surface area (Å²) in [6.45, 7) is 0. The fraction of sp³-hybridized carbons (Fsp3) is 0.850. The van der Waals surface area contributed by atoms with Crippen molar-refractivity contribution in [3.8, 4) is 0 Å². The summed E-state index contributed by atoms with van der Waals surface area (Å²) in [6.07, 6.45) is 15.5. The van der Waals surface area contributed by atoms with Crippen LogP contribution in [-0.4, -0.2) is 17.0 Å². The van der Waals surface area contributed by atoms with Gasteiger partial charge in [-0.15, -0.1) is 0 Å². The third kappa shape index (κ3) is 1.63. The molecule has 6 atom stereocenters. The highest BCUT2D eigenvalue weighted by Gasteiger charge is 2.63. The molecule has 0 aromatic rings. The van der Waals surface area contributed by atoms with E-state index in [0.29, 0.717) is 22.5 Å². The zero-order valence-electron chi connectivity index (χ0n) is 13.5. The van der Waals surface area contributed by atoms with E-state index in [2.05, 4.69) is 6.08 Å². The van der Waals surface area contributed by atoms with E-state index in [0.717, 1.165) is 31.1 Å². The molecule has 0 saturated heterocycles. The van der Waals surface area contributed by atoms with Gasteiger partial charge < -0.3 is 5.11 Å². The Balaban J connectivity index is 1.49. The van der Waals surface area contributed by atoms with Gasteiger partial charge in [-0.2, -0.15) is 0 Å². The van der Waals surface area contributed by atoms with Crippen molar-refractivity contribution < 1.29 is 9.90 Å². The maximum Gasteiger partial charge on any atom is 0.137 e. The Hall–Kier alpha value is -0.630. The van der Waals surface area contributed by atoms with Crippen LogP contribution in [0.1, 0.15) is 70.6 Å². The van der Waals surface area contributed by atoms with Crippen LogP contribution < -0.4 is 0 Å². The Morgan fingerprint density at radius 2 is 2.05 bits per heavy atom. The topological polar surface area (TPSA) is 37.3 Å². The van der Waals surface area contributed by atoms with E-state index in [1.807, 2.05) is 0 Å². The first-order valence-corrected chi connectivity index (χ1v) is 9.53. The van der Waals surface area contributed by atoms with Gasteiger partial charge in [-0.25, -0.2) is 0 Å². The van der Waals surface area contributed by atoms with Crippen LogP contribution in [0.2, 0.25) is 0 Å². The van der Waals surface area contributed by atoms with Crippen LogP contribution >= 0.6 is 0 Å². The number of allylic oxidation sites excluding steroid dienone is 1. The Morgan fingerprint density at radius 1 is 1.14 bits per heavy atom. The van der Waals surface area contributed by atoms with Crippen LogP contribution in [0.25, 0.3) is 0 Å². The Kier molecular flexibility index (Phi) is 2.80. The number of rotatable bonds is 0. The van der Waals surface area contributed by atoms with Gasteiger partial charge in [0, 0.05) is 12.3 Å². The lowest BCUT2D eigenvalue weighted by Crippen LogP contribution is -2.52. The van der Waals surface area contributed by atoms with Gasteiger partial charge in [-0.1, -0.05) is 18.1 Å². The molecule has 120 valence electrons. The number of carbonyl (C=O) groups is 1. The van der Waals surface area contributed by atoms with Gasteiger partial charge in [0.25, 0.3) is 0 Å². The van der Waals surface area contributed by atoms with Crippen LogP contribution in [0.5, 0.6) is 0 Å². The summed E-state index contributed by atoms with van der Waals surface area (Å²) in [4.78, 5) is 12.1. The molecule has 0 aliphatic heterocycles. The number of ketones is 1. The van der Waals surface area contributed by atoms with Crippen LogP contribution in [0, 0.1) is 28.6 Å². The minimum absolute atomic E-state index is 0.0923. The molecule has 0 radical (unpaired) electrons. The number of carbonyl (C=O) groups excluding carboxylic acids is 1. The van der Waals surface area contributed by atoms with E-state index in [4.69, 9.17) is 0 Å². The van der Waals surface area contributed by atoms with Gasteiger partial charge in [0.15, 0.2) is 0 Å². The lowest BCUT2D eigenvalue weighted by atomic mass is 9.48. The molecule has 4 fully saturated rings. The van der Waals surface area contributed by atoms with E-state index in [-0.39, 0.29) is 6.10 Å². The van der Waals surface area contributed by atoms with Crippen molar-refractivity contribution in [1.82, 2.24) is 0 Å². The first-order chi connectivity index (χ1) is 10.6. The monoisotopic (exact) mass is 300 g/mol. The highest BCUT2D eigenvalue weighted by atomic mass is 16.3. The first-order valence-electron chi connectivity index (χ1n) is 9.53.